The number of aliphatic imine (C=N–C) groups is 3. The molecular formula is C22H20N4. The van der Waals surface area contributed by atoms with Gasteiger partial charge in [-0.25, -0.2) is 15.0 Å². The lowest BCUT2D eigenvalue weighted by molar-refractivity contribution is 0.771. The van der Waals surface area contributed by atoms with Gasteiger partial charge < -0.3 is 0 Å². The highest BCUT2D eigenvalue weighted by Gasteiger charge is 2.30. The summed E-state index contributed by atoms with van der Waals surface area (Å²) in [4.78, 5) is 16.4. The van der Waals surface area contributed by atoms with Crippen molar-refractivity contribution in [3.05, 3.63) is 83.6 Å². The molecule has 128 valence electrons. The van der Waals surface area contributed by atoms with Crippen molar-refractivity contribution in [3.63, 3.8) is 0 Å². The van der Waals surface area contributed by atoms with Crippen LogP contribution in [0.4, 0.5) is 11.4 Å². The third-order valence-corrected chi connectivity index (χ3v) is 4.33. The third kappa shape index (κ3) is 3.14. The maximum Gasteiger partial charge on any atom is 0.198 e. The lowest BCUT2D eigenvalue weighted by atomic mass is 10.2. The first-order valence-electron chi connectivity index (χ1n) is 8.65. The summed E-state index contributed by atoms with van der Waals surface area (Å²) in [5, 5.41) is 0. The van der Waals surface area contributed by atoms with Crippen LogP contribution in [0.15, 0.2) is 87.4 Å². The van der Waals surface area contributed by atoms with Crippen molar-refractivity contribution < 1.29 is 0 Å². The zero-order valence-electron chi connectivity index (χ0n) is 15.1. The number of benzene rings is 2. The fourth-order valence-corrected chi connectivity index (χ4v) is 2.88. The highest BCUT2D eigenvalue weighted by Crippen LogP contribution is 2.25. The van der Waals surface area contributed by atoms with Crippen LogP contribution in [-0.4, -0.2) is 22.4 Å². The van der Waals surface area contributed by atoms with Gasteiger partial charge in [-0.1, -0.05) is 41.5 Å². The number of amidine groups is 3. The molecule has 26 heavy (non-hydrogen) atoms. The van der Waals surface area contributed by atoms with Crippen molar-refractivity contribution in [2.24, 2.45) is 15.0 Å². The Labute approximate surface area is 153 Å². The van der Waals surface area contributed by atoms with Crippen molar-refractivity contribution in [3.8, 4) is 0 Å². The fourth-order valence-electron chi connectivity index (χ4n) is 2.88. The zero-order valence-corrected chi connectivity index (χ0v) is 15.1. The molecule has 4 nitrogen and oxygen atoms in total. The summed E-state index contributed by atoms with van der Waals surface area (Å²) in [6, 6.07) is 16.3. The number of hydrogen-bond donors (Lipinski definition) is 0. The Balaban J connectivity index is 1.81. The van der Waals surface area contributed by atoms with Crippen LogP contribution in [0, 0.1) is 13.8 Å². The molecule has 2 aliphatic rings. The Morgan fingerprint density at radius 1 is 0.769 bits per heavy atom. The topological polar surface area (TPSA) is 40.3 Å². The van der Waals surface area contributed by atoms with E-state index in [0.29, 0.717) is 5.84 Å². The lowest BCUT2D eigenvalue weighted by Crippen LogP contribution is -2.32. The van der Waals surface area contributed by atoms with Crippen LogP contribution in [0.25, 0.3) is 0 Å². The predicted octanol–water partition coefficient (Wildman–Crippen LogP) is 5.25. The van der Waals surface area contributed by atoms with Gasteiger partial charge in [-0.3, -0.25) is 4.90 Å². The maximum atomic E-state index is 4.85. The molecule has 2 aromatic rings. The van der Waals surface area contributed by atoms with Crippen LogP contribution in [0.2, 0.25) is 0 Å². The minimum Gasteiger partial charge on any atom is -0.280 e. The van der Waals surface area contributed by atoms with Crippen molar-refractivity contribution in [1.82, 2.24) is 4.90 Å². The van der Waals surface area contributed by atoms with Gasteiger partial charge in [-0.05, 0) is 57.2 Å². The largest absolute Gasteiger partial charge is 0.280 e. The molecule has 0 spiro atoms. The van der Waals surface area contributed by atoms with E-state index in [1.807, 2.05) is 41.3 Å². The molecule has 0 atom stereocenters. The van der Waals surface area contributed by atoms with Gasteiger partial charge in [0.05, 0.1) is 11.4 Å². The maximum absolute atomic E-state index is 4.85. The van der Waals surface area contributed by atoms with E-state index in [0.717, 1.165) is 28.7 Å². The minimum atomic E-state index is 0.628. The highest BCUT2D eigenvalue weighted by atomic mass is 15.3. The van der Waals surface area contributed by atoms with Crippen LogP contribution in [0.5, 0.6) is 0 Å². The van der Waals surface area contributed by atoms with Crippen LogP contribution >= 0.6 is 0 Å². The van der Waals surface area contributed by atoms with Gasteiger partial charge in [0.25, 0.3) is 0 Å². The smallest absolute Gasteiger partial charge is 0.198 e. The Morgan fingerprint density at radius 3 is 1.96 bits per heavy atom. The summed E-state index contributed by atoms with van der Waals surface area (Å²) in [6.45, 7) is 6.19. The molecular weight excluding hydrogens is 320 g/mol. The molecule has 4 heteroatoms. The van der Waals surface area contributed by atoms with E-state index in [-0.39, 0.29) is 0 Å². The quantitative estimate of drug-likeness (QED) is 0.736. The third-order valence-electron chi connectivity index (χ3n) is 4.33. The monoisotopic (exact) mass is 340 g/mol. The average molecular weight is 340 g/mol. The average Bonchev–Trinajstić information content (AvgIpc) is 2.97. The van der Waals surface area contributed by atoms with E-state index >= 15 is 0 Å². The van der Waals surface area contributed by atoms with Gasteiger partial charge in [0.2, 0.25) is 0 Å². The number of allylic oxidation sites excluding steroid dienone is 3. The molecule has 0 saturated heterocycles. The molecule has 2 heterocycles. The van der Waals surface area contributed by atoms with Gasteiger partial charge in [-0.15, -0.1) is 0 Å². The summed E-state index contributed by atoms with van der Waals surface area (Å²) in [5.74, 6) is 2.23. The molecule has 2 aromatic carbocycles. The van der Waals surface area contributed by atoms with Crippen molar-refractivity contribution in [2.45, 2.75) is 20.8 Å². The van der Waals surface area contributed by atoms with Crippen molar-refractivity contribution in [1.29, 1.82) is 0 Å². The zero-order chi connectivity index (χ0) is 18.1. The number of hydrogen-bond acceptors (Lipinski definition) is 2. The Kier molecular flexibility index (Phi) is 4.09. The summed E-state index contributed by atoms with van der Waals surface area (Å²) in [7, 11) is 0. The number of aryl methyl sites for hydroxylation is 2. The molecule has 0 N–H and O–H groups in total. The van der Waals surface area contributed by atoms with E-state index in [9.17, 15) is 0 Å². The Hall–Kier alpha value is -3.27. The molecule has 0 bridgehead atoms. The Bertz CT molecular complexity index is 987. The predicted molar refractivity (Wildman–Crippen MR) is 109 cm³/mol. The number of rotatable bonds is 2. The molecule has 4 rings (SSSR count). The Morgan fingerprint density at radius 2 is 1.35 bits per heavy atom. The van der Waals surface area contributed by atoms with Gasteiger partial charge >= 0.3 is 0 Å². The van der Waals surface area contributed by atoms with Gasteiger partial charge in [0, 0.05) is 5.70 Å². The first-order valence-corrected chi connectivity index (χ1v) is 8.65. The lowest BCUT2D eigenvalue weighted by Gasteiger charge is -2.21. The second-order valence-electron chi connectivity index (χ2n) is 6.51. The van der Waals surface area contributed by atoms with Crippen molar-refractivity contribution >= 4 is 28.9 Å². The van der Waals surface area contributed by atoms with Crippen LogP contribution < -0.4 is 0 Å². The molecule has 0 amide bonds. The normalized spacial score (nSPS) is 19.0. The fraction of sp³-hybridized carbons (Fsp3) is 0.136. The summed E-state index contributed by atoms with van der Waals surface area (Å²) in [5.41, 5.74) is 5.26. The van der Waals surface area contributed by atoms with Gasteiger partial charge in [-0.2, -0.15) is 0 Å². The highest BCUT2D eigenvalue weighted by molar-refractivity contribution is 6.50. The van der Waals surface area contributed by atoms with E-state index in [1.165, 1.54) is 11.1 Å². The molecule has 0 aromatic heterocycles. The molecule has 0 aliphatic carbocycles. The molecule has 0 unspecified atom stereocenters. The standard InChI is InChI=1S/C22H20N4/c1-15-7-11-18(12-8-15)23-21-22(24-19-13-9-16(2)10-14-19)26-17(3)5-4-6-20(26)25-21/h4-14H,1-3H3. The first-order chi connectivity index (χ1) is 12.6. The van der Waals surface area contributed by atoms with Gasteiger partial charge in [0.15, 0.2) is 11.7 Å². The van der Waals surface area contributed by atoms with Crippen molar-refractivity contribution in [2.75, 3.05) is 0 Å². The van der Waals surface area contributed by atoms with E-state index in [2.05, 4.69) is 51.1 Å². The molecule has 0 radical (unpaired) electrons. The summed E-state index contributed by atoms with van der Waals surface area (Å²) in [6.07, 6.45) is 6.04. The van der Waals surface area contributed by atoms with E-state index in [4.69, 9.17) is 15.0 Å². The molecule has 0 saturated carbocycles. The number of fused-ring (bicyclic) bond motifs is 1. The van der Waals surface area contributed by atoms with Crippen LogP contribution in [-0.2, 0) is 0 Å². The second-order valence-corrected chi connectivity index (χ2v) is 6.51. The summed E-state index contributed by atoms with van der Waals surface area (Å²) < 4.78 is 0. The number of nitrogens with zero attached hydrogens (tertiary/aromatic N) is 4. The minimum absolute atomic E-state index is 0.628. The molecule has 0 fully saturated rings. The SMILES string of the molecule is CC1=CC=CC2=NC(=Nc3ccc(C)cc3)C(=Nc3ccc(C)cc3)N12. The first kappa shape index (κ1) is 16.2. The molecule has 2 aliphatic heterocycles. The van der Waals surface area contributed by atoms with E-state index in [1.54, 1.807) is 0 Å². The van der Waals surface area contributed by atoms with Gasteiger partial charge in [0.1, 0.15) is 5.84 Å². The second kappa shape index (κ2) is 6.56. The van der Waals surface area contributed by atoms with E-state index < -0.39 is 0 Å². The summed E-state index contributed by atoms with van der Waals surface area (Å²) >= 11 is 0. The van der Waals surface area contributed by atoms with Crippen LogP contribution in [0.1, 0.15) is 18.1 Å². The van der Waals surface area contributed by atoms with Crippen LogP contribution in [0.3, 0.4) is 0 Å².